The van der Waals surface area contributed by atoms with Gasteiger partial charge in [-0.3, -0.25) is 5.10 Å². The first-order chi connectivity index (χ1) is 14.2. The number of H-pyrrole nitrogens is 1. The molecule has 0 aliphatic heterocycles. The van der Waals surface area contributed by atoms with Crippen molar-refractivity contribution in [3.8, 4) is 17.1 Å². The van der Waals surface area contributed by atoms with Crippen LogP contribution >= 0.6 is 24.0 Å². The van der Waals surface area contributed by atoms with Crippen molar-refractivity contribution in [3.63, 3.8) is 0 Å². The number of para-hydroxylation sites is 1. The van der Waals surface area contributed by atoms with Crippen molar-refractivity contribution in [2.24, 2.45) is 4.99 Å². The summed E-state index contributed by atoms with van der Waals surface area (Å²) >= 11 is 0. The van der Waals surface area contributed by atoms with Gasteiger partial charge in [0.05, 0.1) is 13.1 Å². The fourth-order valence-corrected chi connectivity index (χ4v) is 2.86. The molecule has 0 saturated heterocycles. The maximum absolute atomic E-state index is 6.03. The first kappa shape index (κ1) is 23.7. The van der Waals surface area contributed by atoms with Crippen LogP contribution in [0.15, 0.2) is 59.9 Å². The van der Waals surface area contributed by atoms with Gasteiger partial charge in [-0.2, -0.15) is 5.10 Å². The Bertz CT molecular complexity index is 929. The van der Waals surface area contributed by atoms with Crippen molar-refractivity contribution in [2.45, 2.75) is 33.4 Å². The highest BCUT2D eigenvalue weighted by molar-refractivity contribution is 14.0. The van der Waals surface area contributed by atoms with Gasteiger partial charge in [0.25, 0.3) is 0 Å². The molecule has 0 aliphatic carbocycles. The van der Waals surface area contributed by atoms with Crippen LogP contribution in [0.1, 0.15) is 25.0 Å². The van der Waals surface area contributed by atoms with E-state index in [4.69, 9.17) is 9.73 Å². The Kier molecular flexibility index (Phi) is 9.59. The molecule has 0 amide bonds. The number of aliphatic imine (C=N–C) groups is 1. The molecule has 160 valence electrons. The zero-order valence-electron chi connectivity index (χ0n) is 17.6. The number of halogens is 1. The Balaban J connectivity index is 0.00000320. The number of nitrogens with one attached hydrogen (secondary N) is 3. The van der Waals surface area contributed by atoms with Gasteiger partial charge in [-0.25, -0.2) is 9.98 Å². The highest BCUT2D eigenvalue weighted by Gasteiger charge is 2.08. The third-order valence-electron chi connectivity index (χ3n) is 4.36. The quantitative estimate of drug-likeness (QED) is 0.238. The van der Waals surface area contributed by atoms with Crippen molar-refractivity contribution in [1.82, 2.24) is 25.8 Å². The van der Waals surface area contributed by atoms with E-state index >= 15 is 0 Å². The van der Waals surface area contributed by atoms with Crippen LogP contribution in [-0.2, 0) is 6.54 Å². The molecule has 2 aromatic carbocycles. The van der Waals surface area contributed by atoms with Crippen molar-refractivity contribution in [3.05, 3.63) is 66.0 Å². The molecule has 3 N–H and O–H groups in total. The molecule has 0 bridgehead atoms. The predicted octanol–water partition coefficient (Wildman–Crippen LogP) is 3.92. The third-order valence-corrected chi connectivity index (χ3v) is 4.36. The molecule has 0 spiro atoms. The Morgan fingerprint density at radius 3 is 2.73 bits per heavy atom. The Morgan fingerprint density at radius 1 is 1.17 bits per heavy atom. The summed E-state index contributed by atoms with van der Waals surface area (Å²) in [5.41, 5.74) is 3.22. The van der Waals surface area contributed by atoms with E-state index in [2.05, 4.69) is 44.9 Å². The van der Waals surface area contributed by atoms with Crippen LogP contribution in [0.25, 0.3) is 11.4 Å². The minimum atomic E-state index is 0. The highest BCUT2D eigenvalue weighted by atomic mass is 127. The largest absolute Gasteiger partial charge is 0.489 e. The fourth-order valence-electron chi connectivity index (χ4n) is 2.86. The second kappa shape index (κ2) is 12.2. The predicted molar refractivity (Wildman–Crippen MR) is 131 cm³/mol. The summed E-state index contributed by atoms with van der Waals surface area (Å²) < 4.78 is 6.03. The second-order valence-corrected chi connectivity index (χ2v) is 6.80. The Hall–Kier alpha value is -2.62. The topological polar surface area (TPSA) is 87.2 Å². The van der Waals surface area contributed by atoms with Gasteiger partial charge in [0.15, 0.2) is 11.8 Å². The van der Waals surface area contributed by atoms with E-state index in [1.807, 2.05) is 50.2 Å². The Labute approximate surface area is 194 Å². The van der Waals surface area contributed by atoms with Crippen LogP contribution in [0.5, 0.6) is 5.75 Å². The molecule has 30 heavy (non-hydrogen) atoms. The molecule has 0 fully saturated rings. The number of benzene rings is 2. The Morgan fingerprint density at radius 2 is 2.00 bits per heavy atom. The molecule has 0 radical (unpaired) electrons. The number of rotatable bonds is 8. The maximum atomic E-state index is 6.03. The minimum Gasteiger partial charge on any atom is -0.489 e. The van der Waals surface area contributed by atoms with Gasteiger partial charge in [0.2, 0.25) is 0 Å². The van der Waals surface area contributed by atoms with Crippen molar-refractivity contribution in [1.29, 1.82) is 0 Å². The monoisotopic (exact) mass is 520 g/mol. The number of aromatic amines is 1. The summed E-state index contributed by atoms with van der Waals surface area (Å²) in [6.45, 7) is 8.15. The van der Waals surface area contributed by atoms with Crippen LogP contribution in [0, 0.1) is 6.92 Å². The number of aromatic nitrogens is 3. The molecular formula is C22H29IN6O. The molecule has 0 aliphatic rings. The minimum absolute atomic E-state index is 0. The molecule has 8 heteroatoms. The molecule has 3 rings (SSSR count). The average Bonchev–Trinajstić information content (AvgIpc) is 3.27. The molecule has 0 saturated carbocycles. The van der Waals surface area contributed by atoms with E-state index < -0.39 is 0 Å². The molecule has 7 nitrogen and oxygen atoms in total. The van der Waals surface area contributed by atoms with Crippen molar-refractivity contribution < 1.29 is 4.74 Å². The van der Waals surface area contributed by atoms with E-state index in [0.717, 1.165) is 40.8 Å². The standard InChI is InChI=1S/C22H28N6O.HI/c1-4-23-22(24-13-17(3)29-20-11-6-5-8-16(20)2)25-14-18-9-7-10-19(12-18)21-26-15-27-28-21;/h5-12,15,17H,4,13-14H2,1-3H3,(H2,23,24,25)(H,26,27,28);1H. The van der Waals surface area contributed by atoms with Gasteiger partial charge in [0.1, 0.15) is 18.2 Å². The molecule has 1 heterocycles. The maximum Gasteiger partial charge on any atom is 0.191 e. The van der Waals surface area contributed by atoms with Crippen LogP contribution in [0.3, 0.4) is 0 Å². The van der Waals surface area contributed by atoms with Gasteiger partial charge in [-0.1, -0.05) is 36.4 Å². The summed E-state index contributed by atoms with van der Waals surface area (Å²) in [6, 6.07) is 16.2. The molecule has 1 unspecified atom stereocenters. The lowest BCUT2D eigenvalue weighted by molar-refractivity contribution is 0.222. The number of aryl methyl sites for hydroxylation is 1. The lowest BCUT2D eigenvalue weighted by Gasteiger charge is -2.18. The smallest absolute Gasteiger partial charge is 0.191 e. The fraction of sp³-hybridized carbons (Fsp3) is 0.318. The van der Waals surface area contributed by atoms with Gasteiger partial charge >= 0.3 is 0 Å². The first-order valence-electron chi connectivity index (χ1n) is 9.85. The normalized spacial score (nSPS) is 12.0. The molecular weight excluding hydrogens is 491 g/mol. The SMILES string of the molecule is CCNC(=NCc1cccc(-c2ncn[nH]2)c1)NCC(C)Oc1ccccc1C.I. The zero-order chi connectivity index (χ0) is 20.5. The number of nitrogens with zero attached hydrogens (tertiary/aromatic N) is 3. The van der Waals surface area contributed by atoms with E-state index in [1.54, 1.807) is 0 Å². The summed E-state index contributed by atoms with van der Waals surface area (Å²) in [7, 11) is 0. The highest BCUT2D eigenvalue weighted by Crippen LogP contribution is 2.18. The van der Waals surface area contributed by atoms with Crippen LogP contribution < -0.4 is 15.4 Å². The average molecular weight is 520 g/mol. The lowest BCUT2D eigenvalue weighted by Crippen LogP contribution is -2.41. The van der Waals surface area contributed by atoms with Gasteiger partial charge in [-0.05, 0) is 44.0 Å². The summed E-state index contributed by atoms with van der Waals surface area (Å²) in [5, 5.41) is 13.4. The van der Waals surface area contributed by atoms with E-state index in [1.165, 1.54) is 6.33 Å². The third kappa shape index (κ3) is 7.01. The van der Waals surface area contributed by atoms with Gasteiger partial charge in [0, 0.05) is 12.1 Å². The van der Waals surface area contributed by atoms with Crippen LogP contribution in [0.2, 0.25) is 0 Å². The summed E-state index contributed by atoms with van der Waals surface area (Å²) in [4.78, 5) is 8.90. The van der Waals surface area contributed by atoms with Crippen LogP contribution in [0.4, 0.5) is 0 Å². The molecule has 1 atom stereocenters. The second-order valence-electron chi connectivity index (χ2n) is 6.80. The van der Waals surface area contributed by atoms with Crippen molar-refractivity contribution >= 4 is 29.9 Å². The lowest BCUT2D eigenvalue weighted by atomic mass is 10.1. The number of hydrogen-bond acceptors (Lipinski definition) is 4. The van der Waals surface area contributed by atoms with Gasteiger partial charge < -0.3 is 15.4 Å². The van der Waals surface area contributed by atoms with Crippen molar-refractivity contribution in [2.75, 3.05) is 13.1 Å². The zero-order valence-corrected chi connectivity index (χ0v) is 19.9. The number of hydrogen-bond donors (Lipinski definition) is 3. The molecule has 1 aromatic heterocycles. The van der Waals surface area contributed by atoms with E-state index in [9.17, 15) is 0 Å². The van der Waals surface area contributed by atoms with Gasteiger partial charge in [-0.15, -0.1) is 24.0 Å². The summed E-state index contributed by atoms with van der Waals surface area (Å²) in [5.74, 6) is 2.42. The summed E-state index contributed by atoms with van der Waals surface area (Å²) in [6.07, 6.45) is 1.52. The van der Waals surface area contributed by atoms with E-state index in [-0.39, 0.29) is 30.1 Å². The first-order valence-corrected chi connectivity index (χ1v) is 9.85. The van der Waals surface area contributed by atoms with E-state index in [0.29, 0.717) is 13.1 Å². The van der Waals surface area contributed by atoms with Crippen LogP contribution in [-0.4, -0.2) is 40.3 Å². The number of ether oxygens (including phenoxy) is 1. The number of guanidine groups is 1. The molecule has 3 aromatic rings.